The molecule has 0 aromatic heterocycles. The summed E-state index contributed by atoms with van der Waals surface area (Å²) in [5, 5.41) is 7.60. The van der Waals surface area contributed by atoms with Crippen LogP contribution in [0.2, 0.25) is 5.02 Å². The maximum atomic E-state index is 6.20. The molecule has 1 aromatic carbocycles. The first-order chi connectivity index (χ1) is 9.29. The molecule has 0 saturated carbocycles. The summed E-state index contributed by atoms with van der Waals surface area (Å²) in [7, 11) is 0. The van der Waals surface area contributed by atoms with Gasteiger partial charge < -0.3 is 10.6 Å². The largest absolute Gasteiger partial charge is 0.359 e. The number of benzene rings is 1. The number of hydrazine groups is 1. The maximum absolute atomic E-state index is 6.20. The van der Waals surface area contributed by atoms with E-state index in [1.807, 2.05) is 39.8 Å². The Morgan fingerprint density at radius 3 is 2.25 bits per heavy atom. The Morgan fingerprint density at radius 1 is 1.10 bits per heavy atom. The van der Waals surface area contributed by atoms with E-state index in [2.05, 4.69) is 21.5 Å². The lowest BCUT2D eigenvalue weighted by atomic mass is 10.1. The molecule has 4 N–H and O–H groups in total. The summed E-state index contributed by atoms with van der Waals surface area (Å²) < 4.78 is 0. The van der Waals surface area contributed by atoms with E-state index in [1.54, 1.807) is 0 Å². The van der Waals surface area contributed by atoms with Crippen molar-refractivity contribution in [3.05, 3.63) is 28.3 Å². The average molecular weight is 331 g/mol. The summed E-state index contributed by atoms with van der Waals surface area (Å²) in [6, 6.07) is 4.18. The number of hydrogen-bond donors (Lipinski definition) is 4. The predicted molar refractivity (Wildman–Crippen MR) is 94.3 cm³/mol. The Labute approximate surface area is 135 Å². The molecule has 7 heteroatoms. The van der Waals surface area contributed by atoms with E-state index in [0.29, 0.717) is 15.2 Å². The van der Waals surface area contributed by atoms with Crippen LogP contribution in [0.4, 0.5) is 5.69 Å². The summed E-state index contributed by atoms with van der Waals surface area (Å²) in [5.41, 5.74) is 8.55. The van der Waals surface area contributed by atoms with Gasteiger partial charge in [-0.2, -0.15) is 0 Å². The first-order valence-electron chi connectivity index (χ1n) is 6.20. The van der Waals surface area contributed by atoms with Crippen LogP contribution in [0.5, 0.6) is 0 Å². The Bertz CT molecular complexity index is 494. The lowest BCUT2D eigenvalue weighted by molar-refractivity contribution is 0.705. The summed E-state index contributed by atoms with van der Waals surface area (Å²) in [6.07, 6.45) is 0. The molecule has 1 aromatic rings. The van der Waals surface area contributed by atoms with Crippen molar-refractivity contribution in [3.8, 4) is 0 Å². The lowest BCUT2D eigenvalue weighted by Gasteiger charge is -2.17. The third-order valence-corrected chi connectivity index (χ3v) is 3.10. The number of anilines is 1. The van der Waals surface area contributed by atoms with Gasteiger partial charge >= 0.3 is 0 Å². The van der Waals surface area contributed by atoms with Crippen LogP contribution in [0.15, 0.2) is 12.1 Å². The summed E-state index contributed by atoms with van der Waals surface area (Å²) in [4.78, 5) is 0. The molecule has 0 fully saturated rings. The molecule has 0 unspecified atom stereocenters. The molecule has 110 valence electrons. The average Bonchev–Trinajstić information content (AvgIpc) is 2.30. The van der Waals surface area contributed by atoms with Crippen LogP contribution in [0.1, 0.15) is 25.0 Å². The van der Waals surface area contributed by atoms with Gasteiger partial charge in [0.1, 0.15) is 0 Å². The van der Waals surface area contributed by atoms with Crippen LogP contribution in [0, 0.1) is 13.8 Å². The molecule has 0 atom stereocenters. The highest BCUT2D eigenvalue weighted by atomic mass is 35.5. The minimum absolute atomic E-state index is 0.257. The van der Waals surface area contributed by atoms with Gasteiger partial charge in [-0.25, -0.2) is 0 Å². The smallest absolute Gasteiger partial charge is 0.189 e. The third kappa shape index (κ3) is 5.48. The highest BCUT2D eigenvalue weighted by molar-refractivity contribution is 7.80. The zero-order valence-corrected chi connectivity index (χ0v) is 14.3. The fraction of sp³-hybridized carbons (Fsp3) is 0.385. The van der Waals surface area contributed by atoms with E-state index in [4.69, 9.17) is 36.0 Å². The van der Waals surface area contributed by atoms with Crippen LogP contribution < -0.4 is 21.5 Å². The van der Waals surface area contributed by atoms with E-state index >= 15 is 0 Å². The second-order valence-corrected chi connectivity index (χ2v) is 5.99. The second-order valence-electron chi connectivity index (χ2n) is 4.77. The fourth-order valence-corrected chi connectivity index (χ4v) is 2.44. The topological polar surface area (TPSA) is 48.1 Å². The normalized spacial score (nSPS) is 10.1. The van der Waals surface area contributed by atoms with Crippen molar-refractivity contribution in [3.63, 3.8) is 0 Å². The molecule has 20 heavy (non-hydrogen) atoms. The Hall–Kier alpha value is -1.11. The van der Waals surface area contributed by atoms with Crippen LogP contribution in [-0.2, 0) is 0 Å². The molecule has 0 radical (unpaired) electrons. The molecule has 0 aliphatic heterocycles. The van der Waals surface area contributed by atoms with Crippen LogP contribution in [0.25, 0.3) is 0 Å². The zero-order valence-electron chi connectivity index (χ0n) is 11.9. The van der Waals surface area contributed by atoms with Gasteiger partial charge in [0.05, 0.1) is 10.7 Å². The highest BCUT2D eigenvalue weighted by Gasteiger charge is 2.07. The van der Waals surface area contributed by atoms with Crippen molar-refractivity contribution in [2.24, 2.45) is 0 Å². The van der Waals surface area contributed by atoms with E-state index < -0.39 is 0 Å². The first-order valence-corrected chi connectivity index (χ1v) is 7.39. The van der Waals surface area contributed by atoms with E-state index in [9.17, 15) is 0 Å². The molecule has 0 aliphatic carbocycles. The number of thiocarbonyl (C=S) groups is 2. The van der Waals surface area contributed by atoms with E-state index in [-0.39, 0.29) is 6.04 Å². The number of nitrogens with one attached hydrogen (secondary N) is 4. The van der Waals surface area contributed by atoms with E-state index in [1.165, 1.54) is 0 Å². The second kappa shape index (κ2) is 7.61. The number of halogens is 1. The fourth-order valence-electron chi connectivity index (χ4n) is 1.63. The minimum atomic E-state index is 0.257. The van der Waals surface area contributed by atoms with Gasteiger partial charge in [-0.15, -0.1) is 0 Å². The lowest BCUT2D eigenvalue weighted by Crippen LogP contribution is -2.49. The van der Waals surface area contributed by atoms with Crippen molar-refractivity contribution in [2.45, 2.75) is 33.7 Å². The maximum Gasteiger partial charge on any atom is 0.189 e. The van der Waals surface area contributed by atoms with Crippen LogP contribution in [-0.4, -0.2) is 16.3 Å². The summed E-state index contributed by atoms with van der Waals surface area (Å²) in [6.45, 7) is 7.97. The van der Waals surface area contributed by atoms with Gasteiger partial charge in [-0.1, -0.05) is 17.7 Å². The molecule has 0 amide bonds. The Balaban J connectivity index is 2.57. The molecule has 1 rings (SSSR count). The summed E-state index contributed by atoms with van der Waals surface area (Å²) in [5.74, 6) is 0. The molecule has 0 saturated heterocycles. The first kappa shape index (κ1) is 16.9. The quantitative estimate of drug-likeness (QED) is 0.494. The predicted octanol–water partition coefficient (Wildman–Crippen LogP) is 3.03. The van der Waals surface area contributed by atoms with Crippen molar-refractivity contribution in [1.29, 1.82) is 0 Å². The molecule has 0 bridgehead atoms. The van der Waals surface area contributed by atoms with Crippen LogP contribution >= 0.6 is 36.0 Å². The zero-order chi connectivity index (χ0) is 15.3. The summed E-state index contributed by atoms with van der Waals surface area (Å²) >= 11 is 16.5. The van der Waals surface area contributed by atoms with Gasteiger partial charge in [0, 0.05) is 6.04 Å². The Kier molecular flexibility index (Phi) is 6.45. The standard InChI is InChI=1S/C13H19ClN4S2/c1-7(2)15-12(19)17-18-13(20)16-11-9(4)5-8(3)6-10(11)14/h5-7H,1-4H3,(H2,15,17,19)(H2,16,18,20). The number of aryl methyl sites for hydroxylation is 2. The SMILES string of the molecule is Cc1cc(C)c(NC(=S)NNC(=S)NC(C)C)c(Cl)c1. The molecular weight excluding hydrogens is 312 g/mol. The molecule has 0 aliphatic rings. The van der Waals surface area contributed by atoms with Crippen molar-refractivity contribution in [2.75, 3.05) is 5.32 Å². The molecule has 4 nitrogen and oxygen atoms in total. The van der Waals surface area contributed by atoms with Gasteiger partial charge in [-0.3, -0.25) is 10.9 Å². The van der Waals surface area contributed by atoms with Gasteiger partial charge in [0.25, 0.3) is 0 Å². The minimum Gasteiger partial charge on any atom is -0.359 e. The van der Waals surface area contributed by atoms with E-state index in [0.717, 1.165) is 16.8 Å². The monoisotopic (exact) mass is 330 g/mol. The number of hydrogen-bond acceptors (Lipinski definition) is 2. The van der Waals surface area contributed by atoms with Crippen molar-refractivity contribution in [1.82, 2.24) is 16.2 Å². The van der Waals surface area contributed by atoms with Crippen molar-refractivity contribution >= 4 is 51.9 Å². The Morgan fingerprint density at radius 2 is 1.70 bits per heavy atom. The van der Waals surface area contributed by atoms with Crippen molar-refractivity contribution < 1.29 is 0 Å². The number of rotatable bonds is 2. The van der Waals surface area contributed by atoms with Gasteiger partial charge in [0.15, 0.2) is 10.2 Å². The van der Waals surface area contributed by atoms with Gasteiger partial charge in [-0.05, 0) is 69.3 Å². The third-order valence-electron chi connectivity index (χ3n) is 2.38. The van der Waals surface area contributed by atoms with Crippen LogP contribution in [0.3, 0.4) is 0 Å². The molecular formula is C13H19ClN4S2. The molecule has 0 spiro atoms. The molecule has 0 heterocycles. The van der Waals surface area contributed by atoms with Gasteiger partial charge in [0.2, 0.25) is 0 Å². The highest BCUT2D eigenvalue weighted by Crippen LogP contribution is 2.27.